The van der Waals surface area contributed by atoms with E-state index >= 15 is 0 Å². The smallest absolute Gasteiger partial charge is 0.0804 e. The Hall–Kier alpha value is -0.960. The Balaban J connectivity index is 2.68. The monoisotopic (exact) mass is 238 g/mol. The van der Waals surface area contributed by atoms with Crippen LogP contribution in [0.1, 0.15) is 49.7 Å². The highest BCUT2D eigenvalue weighted by molar-refractivity contribution is 7.05. The van der Waals surface area contributed by atoms with Crippen molar-refractivity contribution in [3.63, 3.8) is 0 Å². The highest BCUT2D eigenvalue weighted by Crippen LogP contribution is 2.24. The van der Waals surface area contributed by atoms with Gasteiger partial charge in [0.2, 0.25) is 0 Å². The number of rotatable bonds is 6. The highest BCUT2D eigenvalue weighted by atomic mass is 32.1. The van der Waals surface area contributed by atoms with Crippen molar-refractivity contribution in [2.24, 2.45) is 5.84 Å². The molecule has 5 heteroatoms. The molecule has 0 fully saturated rings. The Kier molecular flexibility index (Phi) is 6.01. The fourth-order valence-corrected chi connectivity index (χ4v) is 2.31. The van der Waals surface area contributed by atoms with Gasteiger partial charge in [0.05, 0.1) is 16.6 Å². The van der Waals surface area contributed by atoms with E-state index < -0.39 is 0 Å². The van der Waals surface area contributed by atoms with Crippen molar-refractivity contribution in [1.29, 1.82) is 0 Å². The maximum atomic E-state index is 5.56. The summed E-state index contributed by atoms with van der Waals surface area (Å²) in [7, 11) is 0. The van der Waals surface area contributed by atoms with Crippen LogP contribution in [0.4, 0.5) is 0 Å². The van der Waals surface area contributed by atoms with Crippen LogP contribution in [0.2, 0.25) is 0 Å². The Bertz CT molecular complexity index is 364. The molecule has 1 rings (SSSR count). The van der Waals surface area contributed by atoms with Crippen molar-refractivity contribution >= 4 is 11.5 Å². The molecular weight excluding hydrogens is 220 g/mol. The van der Waals surface area contributed by atoms with Gasteiger partial charge in [0.1, 0.15) is 0 Å². The van der Waals surface area contributed by atoms with Gasteiger partial charge in [-0.05, 0) is 31.3 Å². The topological polar surface area (TPSA) is 63.8 Å². The Labute approximate surface area is 101 Å². The number of hydrogen-bond donors (Lipinski definition) is 2. The van der Waals surface area contributed by atoms with Crippen molar-refractivity contribution in [3.05, 3.63) is 10.6 Å². The molecular formula is C11H18N4S. The number of nitrogens with one attached hydrogen (secondary N) is 1. The molecule has 1 aromatic rings. The average molecular weight is 238 g/mol. The first-order valence-electron chi connectivity index (χ1n) is 5.50. The summed E-state index contributed by atoms with van der Waals surface area (Å²) >= 11 is 1.43. The molecule has 1 heterocycles. The van der Waals surface area contributed by atoms with E-state index in [0.29, 0.717) is 0 Å². The van der Waals surface area contributed by atoms with Gasteiger partial charge in [0, 0.05) is 6.42 Å². The summed E-state index contributed by atoms with van der Waals surface area (Å²) in [5.41, 5.74) is 3.89. The van der Waals surface area contributed by atoms with Crippen LogP contribution in [-0.4, -0.2) is 9.59 Å². The van der Waals surface area contributed by atoms with Gasteiger partial charge in [-0.2, -0.15) is 0 Å². The number of nitrogens with zero attached hydrogens (tertiary/aromatic N) is 2. The van der Waals surface area contributed by atoms with Gasteiger partial charge >= 0.3 is 0 Å². The molecule has 1 aromatic heterocycles. The molecule has 88 valence electrons. The van der Waals surface area contributed by atoms with Crippen molar-refractivity contribution in [2.45, 2.75) is 45.6 Å². The summed E-state index contributed by atoms with van der Waals surface area (Å²) in [4.78, 5) is 1.15. The van der Waals surface area contributed by atoms with Gasteiger partial charge in [-0.15, -0.1) is 16.9 Å². The molecule has 0 aliphatic carbocycles. The lowest BCUT2D eigenvalue weighted by atomic mass is 10.1. The number of hydrogen-bond acceptors (Lipinski definition) is 5. The second-order valence-corrected chi connectivity index (χ2v) is 4.30. The summed E-state index contributed by atoms with van der Waals surface area (Å²) in [6.07, 6.45) is 3.78. The second-order valence-electron chi connectivity index (χ2n) is 3.52. The summed E-state index contributed by atoms with van der Waals surface area (Å²) in [5, 5.41) is 4.14. The van der Waals surface area contributed by atoms with Gasteiger partial charge in [-0.25, -0.2) is 0 Å². The zero-order valence-electron chi connectivity index (χ0n) is 9.79. The standard InChI is InChI=1S/C11H18N4S/c1-3-5-6-8-9(13-12)11-10(7-4-2)14-15-16-11/h9,13H,4,6-8,12H2,1-2H3. The first kappa shape index (κ1) is 13.1. The minimum absolute atomic E-state index is 0.127. The average Bonchev–Trinajstić information content (AvgIpc) is 2.73. The van der Waals surface area contributed by atoms with Crippen molar-refractivity contribution in [2.75, 3.05) is 0 Å². The molecule has 0 bridgehead atoms. The fourth-order valence-electron chi connectivity index (χ4n) is 1.52. The normalized spacial score (nSPS) is 11.9. The number of aryl methyl sites for hydroxylation is 1. The van der Waals surface area contributed by atoms with Crippen LogP contribution >= 0.6 is 11.5 Å². The van der Waals surface area contributed by atoms with Crippen molar-refractivity contribution in [1.82, 2.24) is 15.0 Å². The van der Waals surface area contributed by atoms with Crippen LogP contribution in [0, 0.1) is 11.8 Å². The minimum atomic E-state index is 0.127. The van der Waals surface area contributed by atoms with Crippen LogP contribution in [0.25, 0.3) is 0 Å². The second kappa shape index (κ2) is 7.34. The molecule has 0 amide bonds. The largest absolute Gasteiger partial charge is 0.271 e. The third kappa shape index (κ3) is 3.56. The first-order chi connectivity index (χ1) is 7.83. The van der Waals surface area contributed by atoms with Gasteiger partial charge in [-0.3, -0.25) is 11.3 Å². The quantitative estimate of drug-likeness (QED) is 0.450. The zero-order valence-corrected chi connectivity index (χ0v) is 10.6. The van der Waals surface area contributed by atoms with Gasteiger partial charge < -0.3 is 0 Å². The predicted molar refractivity (Wildman–Crippen MR) is 66.7 cm³/mol. The summed E-state index contributed by atoms with van der Waals surface area (Å²) < 4.78 is 4.00. The van der Waals surface area contributed by atoms with E-state index in [1.54, 1.807) is 0 Å². The molecule has 0 spiro atoms. The third-order valence-corrected chi connectivity index (χ3v) is 3.20. The van der Waals surface area contributed by atoms with Crippen LogP contribution < -0.4 is 11.3 Å². The fraction of sp³-hybridized carbons (Fsp3) is 0.636. The molecule has 0 saturated carbocycles. The third-order valence-electron chi connectivity index (χ3n) is 2.32. The summed E-state index contributed by atoms with van der Waals surface area (Å²) in [5.74, 6) is 11.5. The van der Waals surface area contributed by atoms with Crippen LogP contribution in [0.3, 0.4) is 0 Å². The number of hydrazine groups is 1. The van der Waals surface area contributed by atoms with Gasteiger partial charge in [-0.1, -0.05) is 17.8 Å². The van der Waals surface area contributed by atoms with E-state index in [1.807, 2.05) is 6.92 Å². The summed E-state index contributed by atoms with van der Waals surface area (Å²) in [6, 6.07) is 0.127. The highest BCUT2D eigenvalue weighted by Gasteiger charge is 2.16. The molecule has 0 aliphatic rings. The number of aromatic nitrogens is 2. The van der Waals surface area contributed by atoms with Crippen LogP contribution in [0.15, 0.2) is 0 Å². The lowest BCUT2D eigenvalue weighted by Gasteiger charge is -2.13. The van der Waals surface area contributed by atoms with E-state index in [1.165, 1.54) is 11.5 Å². The molecule has 0 saturated heterocycles. The van der Waals surface area contributed by atoms with Gasteiger partial charge in [0.15, 0.2) is 0 Å². The van der Waals surface area contributed by atoms with Crippen molar-refractivity contribution in [3.8, 4) is 11.8 Å². The molecule has 0 radical (unpaired) electrons. The maximum absolute atomic E-state index is 5.56. The SMILES string of the molecule is CC#CCCC(NN)c1snnc1CCC. The van der Waals surface area contributed by atoms with Crippen LogP contribution in [-0.2, 0) is 6.42 Å². The Morgan fingerprint density at radius 1 is 1.56 bits per heavy atom. The molecule has 1 unspecified atom stereocenters. The molecule has 0 aliphatic heterocycles. The van der Waals surface area contributed by atoms with Gasteiger partial charge in [0.25, 0.3) is 0 Å². The van der Waals surface area contributed by atoms with E-state index in [4.69, 9.17) is 5.84 Å². The van der Waals surface area contributed by atoms with Crippen LogP contribution in [0.5, 0.6) is 0 Å². The lowest BCUT2D eigenvalue weighted by Crippen LogP contribution is -2.28. The Morgan fingerprint density at radius 3 is 3.00 bits per heavy atom. The first-order valence-corrected chi connectivity index (χ1v) is 6.27. The molecule has 0 aromatic carbocycles. The molecule has 1 atom stereocenters. The maximum Gasteiger partial charge on any atom is 0.0804 e. The molecule has 4 nitrogen and oxygen atoms in total. The van der Waals surface area contributed by atoms with E-state index in [9.17, 15) is 0 Å². The number of nitrogens with two attached hydrogens (primary N) is 1. The van der Waals surface area contributed by atoms with E-state index in [0.717, 1.165) is 36.3 Å². The Morgan fingerprint density at radius 2 is 2.38 bits per heavy atom. The van der Waals surface area contributed by atoms with Crippen molar-refractivity contribution < 1.29 is 0 Å². The molecule has 16 heavy (non-hydrogen) atoms. The lowest BCUT2D eigenvalue weighted by molar-refractivity contribution is 0.526. The predicted octanol–water partition coefficient (Wildman–Crippen LogP) is 1.80. The van der Waals surface area contributed by atoms with E-state index in [2.05, 4.69) is 33.8 Å². The minimum Gasteiger partial charge on any atom is -0.271 e. The van der Waals surface area contributed by atoms with E-state index in [-0.39, 0.29) is 6.04 Å². The zero-order chi connectivity index (χ0) is 11.8. The molecule has 3 N–H and O–H groups in total. The summed E-state index contributed by atoms with van der Waals surface area (Å²) in [6.45, 7) is 3.98.